The van der Waals surface area contributed by atoms with E-state index in [-0.39, 0.29) is 17.7 Å². The predicted molar refractivity (Wildman–Crippen MR) is 90.1 cm³/mol. The Balaban J connectivity index is 1.68. The summed E-state index contributed by atoms with van der Waals surface area (Å²) in [5, 5.41) is 5.51. The second-order valence-electron chi connectivity index (χ2n) is 5.39. The lowest BCUT2D eigenvalue weighted by atomic mass is 9.85. The first-order valence-corrected chi connectivity index (χ1v) is 8.10. The zero-order chi connectivity index (χ0) is 16.2. The Morgan fingerprint density at radius 2 is 2.00 bits per heavy atom. The van der Waals surface area contributed by atoms with Gasteiger partial charge in [0, 0.05) is 28.3 Å². The fourth-order valence-corrected chi connectivity index (χ4v) is 2.59. The zero-order valence-corrected chi connectivity index (χ0v) is 13.8. The number of nitrogens with zero attached hydrogens (tertiary/aromatic N) is 2. The number of carbonyl (C=O) groups excluding carboxylic acids is 2. The van der Waals surface area contributed by atoms with Crippen LogP contribution in [-0.2, 0) is 4.79 Å². The lowest BCUT2D eigenvalue weighted by Crippen LogP contribution is -2.28. The van der Waals surface area contributed by atoms with Gasteiger partial charge in [0.1, 0.15) is 5.82 Å². The first kappa shape index (κ1) is 15.6. The van der Waals surface area contributed by atoms with Crippen molar-refractivity contribution < 1.29 is 9.59 Å². The third-order valence-electron chi connectivity index (χ3n) is 3.71. The molecular weight excluding hydrogens is 360 g/mol. The summed E-state index contributed by atoms with van der Waals surface area (Å²) in [7, 11) is 0. The minimum atomic E-state index is -0.286. The SMILES string of the molecule is O=C(Nc1cncc(Br)c1)c1ccnc(NC(=O)C2CCC2)c1. The Labute approximate surface area is 141 Å². The number of pyridine rings is 2. The molecule has 2 aromatic heterocycles. The van der Waals surface area contributed by atoms with E-state index in [4.69, 9.17) is 0 Å². The van der Waals surface area contributed by atoms with Crippen molar-refractivity contribution in [3.8, 4) is 0 Å². The number of hydrogen-bond acceptors (Lipinski definition) is 4. The molecule has 2 amide bonds. The van der Waals surface area contributed by atoms with E-state index >= 15 is 0 Å². The maximum atomic E-state index is 12.3. The highest BCUT2D eigenvalue weighted by atomic mass is 79.9. The summed E-state index contributed by atoms with van der Waals surface area (Å²) in [4.78, 5) is 32.3. The van der Waals surface area contributed by atoms with Crippen LogP contribution in [0.2, 0.25) is 0 Å². The van der Waals surface area contributed by atoms with E-state index in [9.17, 15) is 9.59 Å². The summed E-state index contributed by atoms with van der Waals surface area (Å²) in [6.45, 7) is 0. The Hall–Kier alpha value is -2.28. The fraction of sp³-hybridized carbons (Fsp3) is 0.250. The van der Waals surface area contributed by atoms with Crippen LogP contribution < -0.4 is 10.6 Å². The molecule has 1 saturated carbocycles. The van der Waals surface area contributed by atoms with Crippen molar-refractivity contribution in [1.82, 2.24) is 9.97 Å². The van der Waals surface area contributed by atoms with Gasteiger partial charge in [-0.2, -0.15) is 0 Å². The molecule has 0 radical (unpaired) electrons. The molecule has 2 aromatic rings. The lowest BCUT2D eigenvalue weighted by molar-refractivity contribution is -0.122. The van der Waals surface area contributed by atoms with Crippen LogP contribution in [0.3, 0.4) is 0 Å². The highest BCUT2D eigenvalue weighted by Crippen LogP contribution is 2.27. The summed E-state index contributed by atoms with van der Waals surface area (Å²) < 4.78 is 0.776. The molecule has 1 aliphatic carbocycles. The average molecular weight is 375 g/mol. The minimum Gasteiger partial charge on any atom is -0.321 e. The topological polar surface area (TPSA) is 84.0 Å². The molecule has 0 unspecified atom stereocenters. The van der Waals surface area contributed by atoms with E-state index in [0.29, 0.717) is 17.1 Å². The summed E-state index contributed by atoms with van der Waals surface area (Å²) in [6.07, 6.45) is 7.63. The van der Waals surface area contributed by atoms with Crippen molar-refractivity contribution >= 4 is 39.2 Å². The molecule has 0 bridgehead atoms. The van der Waals surface area contributed by atoms with E-state index in [2.05, 4.69) is 36.5 Å². The lowest BCUT2D eigenvalue weighted by Gasteiger charge is -2.23. The quantitative estimate of drug-likeness (QED) is 0.860. The largest absolute Gasteiger partial charge is 0.321 e. The molecule has 118 valence electrons. The van der Waals surface area contributed by atoms with Crippen molar-refractivity contribution in [1.29, 1.82) is 0 Å². The van der Waals surface area contributed by atoms with Crippen LogP contribution >= 0.6 is 15.9 Å². The van der Waals surface area contributed by atoms with Crippen molar-refractivity contribution in [2.45, 2.75) is 19.3 Å². The number of nitrogens with one attached hydrogen (secondary N) is 2. The summed E-state index contributed by atoms with van der Waals surface area (Å²) in [6, 6.07) is 4.92. The second kappa shape index (κ2) is 6.87. The van der Waals surface area contributed by atoms with Crippen molar-refractivity contribution in [2.75, 3.05) is 10.6 Å². The van der Waals surface area contributed by atoms with Gasteiger partial charge in [0.25, 0.3) is 5.91 Å². The van der Waals surface area contributed by atoms with E-state index in [1.807, 2.05) is 0 Å². The first-order valence-electron chi connectivity index (χ1n) is 7.30. The van der Waals surface area contributed by atoms with Crippen LogP contribution in [0.15, 0.2) is 41.3 Å². The van der Waals surface area contributed by atoms with Gasteiger partial charge in [-0.1, -0.05) is 6.42 Å². The Kier molecular flexibility index (Phi) is 4.66. The number of anilines is 2. The van der Waals surface area contributed by atoms with Crippen LogP contribution in [0.1, 0.15) is 29.6 Å². The molecule has 7 heteroatoms. The molecule has 2 heterocycles. The molecular formula is C16H15BrN4O2. The minimum absolute atomic E-state index is 0.0301. The van der Waals surface area contributed by atoms with Gasteiger partial charge < -0.3 is 10.6 Å². The monoisotopic (exact) mass is 374 g/mol. The molecule has 0 aromatic carbocycles. The number of halogens is 1. The Bertz CT molecular complexity index is 746. The molecule has 0 atom stereocenters. The molecule has 1 fully saturated rings. The second-order valence-corrected chi connectivity index (χ2v) is 6.31. The Morgan fingerprint density at radius 1 is 1.17 bits per heavy atom. The van der Waals surface area contributed by atoms with Gasteiger partial charge >= 0.3 is 0 Å². The average Bonchev–Trinajstić information content (AvgIpc) is 2.45. The number of rotatable bonds is 4. The molecule has 0 saturated heterocycles. The smallest absolute Gasteiger partial charge is 0.255 e. The number of carbonyl (C=O) groups is 2. The normalized spacial score (nSPS) is 14.0. The summed E-state index contributed by atoms with van der Waals surface area (Å²) in [5.41, 5.74) is 1.00. The highest BCUT2D eigenvalue weighted by molar-refractivity contribution is 9.10. The van der Waals surface area contributed by atoms with Crippen LogP contribution in [0.5, 0.6) is 0 Å². The molecule has 6 nitrogen and oxygen atoms in total. The van der Waals surface area contributed by atoms with Crippen molar-refractivity contribution in [2.24, 2.45) is 5.92 Å². The number of aromatic nitrogens is 2. The van der Waals surface area contributed by atoms with Gasteiger partial charge in [0.05, 0.1) is 11.9 Å². The molecule has 1 aliphatic rings. The third-order valence-corrected chi connectivity index (χ3v) is 4.15. The first-order chi connectivity index (χ1) is 11.1. The van der Waals surface area contributed by atoms with Crippen LogP contribution in [-0.4, -0.2) is 21.8 Å². The predicted octanol–water partition coefficient (Wildman–Crippen LogP) is 3.23. The molecule has 0 spiro atoms. The number of amides is 2. The van der Waals surface area contributed by atoms with E-state index in [1.165, 1.54) is 6.20 Å². The van der Waals surface area contributed by atoms with E-state index in [0.717, 1.165) is 23.7 Å². The van der Waals surface area contributed by atoms with Crippen LogP contribution in [0.25, 0.3) is 0 Å². The third kappa shape index (κ3) is 3.92. The maximum Gasteiger partial charge on any atom is 0.255 e. The van der Waals surface area contributed by atoms with Gasteiger partial charge in [0.15, 0.2) is 0 Å². The molecule has 2 N–H and O–H groups in total. The van der Waals surface area contributed by atoms with Crippen molar-refractivity contribution in [3.63, 3.8) is 0 Å². The van der Waals surface area contributed by atoms with Gasteiger partial charge in [-0.15, -0.1) is 0 Å². The van der Waals surface area contributed by atoms with Crippen LogP contribution in [0, 0.1) is 5.92 Å². The maximum absolute atomic E-state index is 12.3. The van der Waals surface area contributed by atoms with Crippen LogP contribution in [0.4, 0.5) is 11.5 Å². The van der Waals surface area contributed by atoms with Gasteiger partial charge in [0.2, 0.25) is 5.91 Å². The van der Waals surface area contributed by atoms with Gasteiger partial charge in [-0.3, -0.25) is 14.6 Å². The molecule has 23 heavy (non-hydrogen) atoms. The zero-order valence-electron chi connectivity index (χ0n) is 12.3. The van der Waals surface area contributed by atoms with E-state index in [1.54, 1.807) is 30.6 Å². The standard InChI is InChI=1S/C16H15BrN4O2/c17-12-7-13(9-18-8-12)20-16(23)11-4-5-19-14(6-11)21-15(22)10-2-1-3-10/h4-10H,1-3H2,(H,20,23)(H,19,21,22). The molecule has 3 rings (SSSR count). The van der Waals surface area contributed by atoms with Gasteiger partial charge in [-0.25, -0.2) is 4.98 Å². The summed E-state index contributed by atoms with van der Waals surface area (Å²) in [5.74, 6) is 0.146. The number of hydrogen-bond donors (Lipinski definition) is 2. The van der Waals surface area contributed by atoms with Crippen molar-refractivity contribution in [3.05, 3.63) is 46.8 Å². The fourth-order valence-electron chi connectivity index (χ4n) is 2.22. The Morgan fingerprint density at radius 3 is 2.70 bits per heavy atom. The van der Waals surface area contributed by atoms with Gasteiger partial charge in [-0.05, 0) is 47.0 Å². The molecule has 0 aliphatic heterocycles. The highest BCUT2D eigenvalue weighted by Gasteiger charge is 2.25. The summed E-state index contributed by atoms with van der Waals surface area (Å²) >= 11 is 3.30. The van der Waals surface area contributed by atoms with E-state index < -0.39 is 0 Å².